The molecule has 0 aliphatic carbocycles. The van der Waals surface area contributed by atoms with Crippen molar-refractivity contribution in [2.24, 2.45) is 33.8 Å². The highest BCUT2D eigenvalue weighted by Crippen LogP contribution is 2.06. The molecule has 0 fully saturated rings. The van der Waals surface area contributed by atoms with Crippen LogP contribution >= 0.6 is 0 Å². The van der Waals surface area contributed by atoms with Crippen molar-refractivity contribution in [3.63, 3.8) is 0 Å². The standard InChI is InChI=1S/C20H40N8O5/c1-11(2)15(28-17(30)13(22)7-4-5-9-21)18(31)26-12(3)16(29)27-14(19(32)33)8-6-10-25-20(23)24/h11-15H,4-10,21-22H2,1-3H3,(H,26,31)(H,27,29)(H,28,30)(H,32,33)(H4,23,24,25). The fourth-order valence-corrected chi connectivity index (χ4v) is 2.86. The molecule has 13 heteroatoms. The summed E-state index contributed by atoms with van der Waals surface area (Å²) in [7, 11) is 0. The van der Waals surface area contributed by atoms with Gasteiger partial charge in [-0.2, -0.15) is 0 Å². The molecule has 3 amide bonds. The highest BCUT2D eigenvalue weighted by molar-refractivity contribution is 5.94. The number of hydrogen-bond acceptors (Lipinski definition) is 7. The lowest BCUT2D eigenvalue weighted by Crippen LogP contribution is -2.57. The summed E-state index contributed by atoms with van der Waals surface area (Å²) in [5.41, 5.74) is 21.8. The van der Waals surface area contributed by atoms with Crippen LogP contribution in [0.15, 0.2) is 4.99 Å². The van der Waals surface area contributed by atoms with Gasteiger partial charge in [0.05, 0.1) is 6.04 Å². The maximum absolute atomic E-state index is 12.7. The van der Waals surface area contributed by atoms with Crippen molar-refractivity contribution in [3.8, 4) is 0 Å². The van der Waals surface area contributed by atoms with E-state index in [4.69, 9.17) is 22.9 Å². The number of carboxylic acids is 1. The van der Waals surface area contributed by atoms with Crippen LogP contribution in [0.4, 0.5) is 0 Å². The highest BCUT2D eigenvalue weighted by atomic mass is 16.4. The zero-order valence-corrected chi connectivity index (χ0v) is 19.7. The molecule has 4 atom stereocenters. The van der Waals surface area contributed by atoms with Gasteiger partial charge in [0, 0.05) is 6.54 Å². The van der Waals surface area contributed by atoms with Gasteiger partial charge in [0.25, 0.3) is 0 Å². The summed E-state index contributed by atoms with van der Waals surface area (Å²) in [5.74, 6) is -3.32. The molecule has 33 heavy (non-hydrogen) atoms. The second-order valence-corrected chi connectivity index (χ2v) is 8.20. The van der Waals surface area contributed by atoms with Crippen LogP contribution in [-0.4, -0.2) is 72.0 Å². The van der Waals surface area contributed by atoms with Gasteiger partial charge in [0.2, 0.25) is 17.7 Å². The number of nitrogens with two attached hydrogens (primary N) is 4. The highest BCUT2D eigenvalue weighted by Gasteiger charge is 2.29. The SMILES string of the molecule is CC(NC(=O)C(NC(=O)C(N)CCCCN)C(C)C)C(=O)NC(CCCN=C(N)N)C(=O)O. The summed E-state index contributed by atoms with van der Waals surface area (Å²) in [6.45, 7) is 5.63. The lowest BCUT2D eigenvalue weighted by molar-refractivity contribution is -0.142. The van der Waals surface area contributed by atoms with Gasteiger partial charge in [-0.1, -0.05) is 20.3 Å². The molecule has 0 saturated carbocycles. The Bertz CT molecular complexity index is 681. The third kappa shape index (κ3) is 12.6. The molecule has 0 aliphatic heterocycles. The van der Waals surface area contributed by atoms with Gasteiger partial charge < -0.3 is 44.0 Å². The Balaban J connectivity index is 4.88. The number of rotatable bonds is 16. The van der Waals surface area contributed by atoms with E-state index in [-0.39, 0.29) is 24.8 Å². The van der Waals surface area contributed by atoms with E-state index in [9.17, 15) is 24.3 Å². The number of aliphatic imine (C=N–C) groups is 1. The van der Waals surface area contributed by atoms with Gasteiger partial charge in [-0.25, -0.2) is 4.79 Å². The third-order valence-electron chi connectivity index (χ3n) is 4.86. The van der Waals surface area contributed by atoms with Crippen molar-refractivity contribution < 1.29 is 24.3 Å². The molecule has 190 valence electrons. The quantitative estimate of drug-likeness (QED) is 0.0683. The van der Waals surface area contributed by atoms with Crippen LogP contribution in [0.1, 0.15) is 52.9 Å². The Kier molecular flexibility index (Phi) is 14.4. The Hall–Kier alpha value is -2.93. The van der Waals surface area contributed by atoms with Crippen molar-refractivity contribution in [2.45, 2.75) is 77.0 Å². The van der Waals surface area contributed by atoms with E-state index in [1.165, 1.54) is 6.92 Å². The molecule has 0 radical (unpaired) electrons. The van der Waals surface area contributed by atoms with E-state index in [1.54, 1.807) is 13.8 Å². The first-order chi connectivity index (χ1) is 15.4. The van der Waals surface area contributed by atoms with Crippen molar-refractivity contribution in [1.82, 2.24) is 16.0 Å². The number of guanidine groups is 1. The van der Waals surface area contributed by atoms with Gasteiger partial charge in [-0.05, 0) is 45.1 Å². The van der Waals surface area contributed by atoms with Crippen molar-refractivity contribution in [2.75, 3.05) is 13.1 Å². The predicted molar refractivity (Wildman–Crippen MR) is 125 cm³/mol. The first-order valence-electron chi connectivity index (χ1n) is 11.1. The Morgan fingerprint density at radius 2 is 1.52 bits per heavy atom. The van der Waals surface area contributed by atoms with Crippen LogP contribution in [0.3, 0.4) is 0 Å². The number of hydrogen-bond donors (Lipinski definition) is 8. The van der Waals surface area contributed by atoms with Crippen molar-refractivity contribution in [1.29, 1.82) is 0 Å². The molecule has 0 bridgehead atoms. The van der Waals surface area contributed by atoms with E-state index in [0.29, 0.717) is 25.8 Å². The second kappa shape index (κ2) is 15.8. The van der Waals surface area contributed by atoms with E-state index < -0.39 is 47.9 Å². The maximum atomic E-state index is 12.7. The maximum Gasteiger partial charge on any atom is 0.326 e. The fraction of sp³-hybridized carbons (Fsp3) is 0.750. The molecule has 0 saturated heterocycles. The molecule has 4 unspecified atom stereocenters. The minimum Gasteiger partial charge on any atom is -0.480 e. The topological polar surface area (TPSA) is 241 Å². The number of aliphatic carboxylic acids is 1. The average molecular weight is 473 g/mol. The van der Waals surface area contributed by atoms with Gasteiger partial charge in [-0.15, -0.1) is 0 Å². The van der Waals surface area contributed by atoms with Gasteiger partial charge in [0.15, 0.2) is 5.96 Å². The number of carbonyl (C=O) groups is 4. The fourth-order valence-electron chi connectivity index (χ4n) is 2.86. The molecule has 0 spiro atoms. The van der Waals surface area contributed by atoms with E-state index >= 15 is 0 Å². The van der Waals surface area contributed by atoms with Crippen LogP contribution in [0.25, 0.3) is 0 Å². The first-order valence-corrected chi connectivity index (χ1v) is 11.1. The van der Waals surface area contributed by atoms with E-state index in [0.717, 1.165) is 6.42 Å². The van der Waals surface area contributed by atoms with Gasteiger partial charge in [0.1, 0.15) is 18.1 Å². The smallest absolute Gasteiger partial charge is 0.326 e. The molecule has 13 nitrogen and oxygen atoms in total. The first kappa shape index (κ1) is 30.1. The summed E-state index contributed by atoms with van der Waals surface area (Å²) in [5, 5.41) is 16.9. The van der Waals surface area contributed by atoms with E-state index in [1.807, 2.05) is 0 Å². The predicted octanol–water partition coefficient (Wildman–Crippen LogP) is -2.29. The average Bonchev–Trinajstić information content (AvgIpc) is 2.72. The van der Waals surface area contributed by atoms with Crippen LogP contribution < -0.4 is 38.9 Å². The lowest BCUT2D eigenvalue weighted by Gasteiger charge is -2.25. The number of carbonyl (C=O) groups excluding carboxylic acids is 3. The number of amides is 3. The van der Waals surface area contributed by atoms with Gasteiger partial charge >= 0.3 is 5.97 Å². The van der Waals surface area contributed by atoms with Crippen LogP contribution in [0, 0.1) is 5.92 Å². The third-order valence-corrected chi connectivity index (χ3v) is 4.86. The molecule has 12 N–H and O–H groups in total. The summed E-state index contributed by atoms with van der Waals surface area (Å²) in [4.78, 5) is 52.7. The molecule has 0 aromatic carbocycles. The Labute approximate surface area is 194 Å². The molecular formula is C20H40N8O5. The zero-order valence-electron chi connectivity index (χ0n) is 19.7. The Morgan fingerprint density at radius 3 is 2.03 bits per heavy atom. The zero-order chi connectivity index (χ0) is 25.6. The van der Waals surface area contributed by atoms with Crippen LogP contribution in [0.2, 0.25) is 0 Å². The molecule has 0 aromatic heterocycles. The minimum atomic E-state index is -1.22. The summed E-state index contributed by atoms with van der Waals surface area (Å²) in [6, 6.07) is -3.89. The van der Waals surface area contributed by atoms with Crippen molar-refractivity contribution in [3.05, 3.63) is 0 Å². The molecule has 0 aromatic rings. The van der Waals surface area contributed by atoms with Crippen LogP contribution in [0.5, 0.6) is 0 Å². The normalized spacial score (nSPS) is 14.5. The van der Waals surface area contributed by atoms with E-state index in [2.05, 4.69) is 20.9 Å². The molecule has 0 heterocycles. The van der Waals surface area contributed by atoms with Crippen LogP contribution in [-0.2, 0) is 19.2 Å². The second-order valence-electron chi connectivity index (χ2n) is 8.20. The molecular weight excluding hydrogens is 432 g/mol. The minimum absolute atomic E-state index is 0.102. The number of nitrogens with one attached hydrogen (secondary N) is 3. The Morgan fingerprint density at radius 1 is 0.879 bits per heavy atom. The number of nitrogens with zero attached hydrogens (tertiary/aromatic N) is 1. The lowest BCUT2D eigenvalue weighted by atomic mass is 10.0. The number of unbranched alkanes of at least 4 members (excludes halogenated alkanes) is 1. The number of carboxylic acid groups (broad SMARTS) is 1. The summed E-state index contributed by atoms with van der Waals surface area (Å²) in [6.07, 6.45) is 2.31. The largest absolute Gasteiger partial charge is 0.480 e. The molecule has 0 rings (SSSR count). The molecule has 0 aliphatic rings. The monoisotopic (exact) mass is 472 g/mol. The summed E-state index contributed by atoms with van der Waals surface area (Å²) >= 11 is 0. The summed E-state index contributed by atoms with van der Waals surface area (Å²) < 4.78 is 0. The van der Waals surface area contributed by atoms with Crippen molar-refractivity contribution >= 4 is 29.7 Å². The van der Waals surface area contributed by atoms with Gasteiger partial charge in [-0.3, -0.25) is 19.4 Å².